The molecule has 1 N–H and O–H groups in total. The van der Waals surface area contributed by atoms with Crippen LogP contribution in [0.25, 0.3) is 11.6 Å². The number of fused-ring (bicyclic) bond motifs is 1. The molecular weight excluding hydrogens is 280 g/mol. The molecule has 0 saturated heterocycles. The number of anilines is 1. The van der Waals surface area contributed by atoms with Crippen molar-refractivity contribution in [2.45, 2.75) is 20.8 Å². The van der Waals surface area contributed by atoms with Crippen LogP contribution < -0.4 is 5.06 Å². The summed E-state index contributed by atoms with van der Waals surface area (Å²) in [5, 5.41) is 1.05. The number of carbonyl (C=O) groups is 2. The van der Waals surface area contributed by atoms with Gasteiger partial charge in [0.1, 0.15) is 0 Å². The number of aromatic nitrogens is 1. The molecule has 2 heterocycles. The Morgan fingerprint density at radius 2 is 2.00 bits per heavy atom. The molecule has 0 aliphatic carbocycles. The van der Waals surface area contributed by atoms with Crippen LogP contribution in [0.4, 0.5) is 5.69 Å². The first kappa shape index (κ1) is 14.1. The molecule has 1 aromatic carbocycles. The summed E-state index contributed by atoms with van der Waals surface area (Å²) in [4.78, 5) is 32.1. The summed E-state index contributed by atoms with van der Waals surface area (Å²) in [5.74, 6) is -0.876. The molecule has 1 aromatic heterocycles. The van der Waals surface area contributed by atoms with Crippen LogP contribution in [-0.4, -0.2) is 16.9 Å². The number of carbonyl (C=O) groups excluding carboxylic acids is 2. The van der Waals surface area contributed by atoms with Gasteiger partial charge in [-0.25, -0.2) is 4.79 Å². The van der Waals surface area contributed by atoms with Gasteiger partial charge >= 0.3 is 5.97 Å². The molecule has 1 aliphatic heterocycles. The van der Waals surface area contributed by atoms with Gasteiger partial charge < -0.3 is 9.82 Å². The Balaban J connectivity index is 2.11. The number of H-pyrrole nitrogens is 1. The van der Waals surface area contributed by atoms with Crippen LogP contribution in [-0.2, 0) is 14.4 Å². The third-order valence-electron chi connectivity index (χ3n) is 3.53. The second-order valence-corrected chi connectivity index (χ2v) is 5.31. The van der Waals surface area contributed by atoms with E-state index in [9.17, 15) is 9.59 Å². The van der Waals surface area contributed by atoms with Crippen LogP contribution in [0.1, 0.15) is 29.4 Å². The third-order valence-corrected chi connectivity index (χ3v) is 3.53. The number of hydrogen-bond acceptors (Lipinski definition) is 3. The van der Waals surface area contributed by atoms with Crippen molar-refractivity contribution >= 4 is 29.2 Å². The average Bonchev–Trinajstić information content (AvgIpc) is 2.91. The lowest BCUT2D eigenvalue weighted by atomic mass is 10.1. The molecule has 0 fully saturated rings. The SMILES string of the molecule is CC(=O)ON1C(=O)/C(=C\c2[nH]c(C)cc2C)c2ccccc21. The lowest BCUT2D eigenvalue weighted by Crippen LogP contribution is -2.28. The quantitative estimate of drug-likeness (QED) is 0.867. The van der Waals surface area contributed by atoms with Crippen molar-refractivity contribution in [2.24, 2.45) is 0 Å². The highest BCUT2D eigenvalue weighted by molar-refractivity contribution is 6.35. The van der Waals surface area contributed by atoms with Gasteiger partial charge in [-0.2, -0.15) is 0 Å². The molecule has 0 radical (unpaired) electrons. The van der Waals surface area contributed by atoms with Gasteiger partial charge in [0.15, 0.2) is 0 Å². The summed E-state index contributed by atoms with van der Waals surface area (Å²) in [5.41, 5.74) is 4.79. The van der Waals surface area contributed by atoms with Crippen molar-refractivity contribution in [3.63, 3.8) is 0 Å². The van der Waals surface area contributed by atoms with E-state index >= 15 is 0 Å². The Hall–Kier alpha value is -2.82. The van der Waals surface area contributed by atoms with Gasteiger partial charge in [0, 0.05) is 23.9 Å². The van der Waals surface area contributed by atoms with Gasteiger partial charge in [0.05, 0.1) is 11.3 Å². The van der Waals surface area contributed by atoms with Crippen molar-refractivity contribution in [3.05, 3.63) is 52.8 Å². The van der Waals surface area contributed by atoms with Crippen LogP contribution in [0.3, 0.4) is 0 Å². The van der Waals surface area contributed by atoms with Crippen molar-refractivity contribution < 1.29 is 14.4 Å². The van der Waals surface area contributed by atoms with Gasteiger partial charge in [-0.1, -0.05) is 18.2 Å². The lowest BCUT2D eigenvalue weighted by Gasteiger charge is -2.14. The van der Waals surface area contributed by atoms with Crippen molar-refractivity contribution in [1.29, 1.82) is 0 Å². The maximum atomic E-state index is 12.6. The Morgan fingerprint density at radius 3 is 2.64 bits per heavy atom. The van der Waals surface area contributed by atoms with Crippen molar-refractivity contribution in [1.82, 2.24) is 4.98 Å². The first-order valence-corrected chi connectivity index (χ1v) is 6.97. The average molecular weight is 296 g/mol. The highest BCUT2D eigenvalue weighted by Crippen LogP contribution is 2.38. The summed E-state index contributed by atoms with van der Waals surface area (Å²) >= 11 is 0. The second-order valence-electron chi connectivity index (χ2n) is 5.31. The number of rotatable bonds is 2. The summed E-state index contributed by atoms with van der Waals surface area (Å²) in [6, 6.07) is 9.26. The van der Waals surface area contributed by atoms with E-state index in [0.29, 0.717) is 11.3 Å². The zero-order valence-corrected chi connectivity index (χ0v) is 12.6. The minimum atomic E-state index is -0.531. The van der Waals surface area contributed by atoms with Crippen LogP contribution in [0.2, 0.25) is 0 Å². The highest BCUT2D eigenvalue weighted by atomic mass is 16.7. The topological polar surface area (TPSA) is 62.4 Å². The monoisotopic (exact) mass is 296 g/mol. The highest BCUT2D eigenvalue weighted by Gasteiger charge is 2.34. The Morgan fingerprint density at radius 1 is 1.27 bits per heavy atom. The second kappa shape index (κ2) is 5.18. The zero-order valence-electron chi connectivity index (χ0n) is 12.6. The van der Waals surface area contributed by atoms with E-state index in [4.69, 9.17) is 4.84 Å². The van der Waals surface area contributed by atoms with E-state index in [1.54, 1.807) is 18.2 Å². The van der Waals surface area contributed by atoms with E-state index in [2.05, 4.69) is 4.98 Å². The largest absolute Gasteiger partial charge is 0.359 e. The fourth-order valence-electron chi connectivity index (χ4n) is 2.62. The molecule has 1 aliphatic rings. The third kappa shape index (κ3) is 2.30. The van der Waals surface area contributed by atoms with Gasteiger partial charge in [-0.15, -0.1) is 5.06 Å². The molecule has 5 heteroatoms. The molecule has 112 valence electrons. The molecule has 0 bridgehead atoms. The van der Waals surface area contributed by atoms with Gasteiger partial charge in [-0.05, 0) is 37.6 Å². The number of amides is 1. The minimum Gasteiger partial charge on any atom is -0.359 e. The smallest absolute Gasteiger partial charge is 0.330 e. The van der Waals surface area contributed by atoms with Crippen LogP contribution in [0, 0.1) is 13.8 Å². The zero-order chi connectivity index (χ0) is 15.9. The Labute approximate surface area is 128 Å². The van der Waals surface area contributed by atoms with Crippen LogP contribution in [0.5, 0.6) is 0 Å². The first-order valence-electron chi connectivity index (χ1n) is 6.97. The fourth-order valence-corrected chi connectivity index (χ4v) is 2.62. The number of benzene rings is 1. The first-order chi connectivity index (χ1) is 10.5. The maximum absolute atomic E-state index is 12.6. The lowest BCUT2D eigenvalue weighted by molar-refractivity contribution is -0.146. The van der Waals surface area contributed by atoms with Crippen LogP contribution in [0.15, 0.2) is 30.3 Å². The summed E-state index contributed by atoms with van der Waals surface area (Å²) in [6.45, 7) is 5.21. The number of nitrogens with zero attached hydrogens (tertiary/aromatic N) is 1. The summed E-state index contributed by atoms with van der Waals surface area (Å²) < 4.78 is 0. The van der Waals surface area contributed by atoms with Gasteiger partial charge in [-0.3, -0.25) is 4.79 Å². The number of hydroxylamine groups is 1. The van der Waals surface area contributed by atoms with E-state index in [1.165, 1.54) is 6.92 Å². The number of aryl methyl sites for hydroxylation is 2. The predicted octanol–water partition coefficient (Wildman–Crippen LogP) is 3.00. The maximum Gasteiger partial charge on any atom is 0.330 e. The fraction of sp³-hybridized carbons (Fsp3) is 0.176. The normalized spacial score (nSPS) is 15.3. The summed E-state index contributed by atoms with van der Waals surface area (Å²) in [7, 11) is 0. The van der Waals surface area contributed by atoms with Crippen molar-refractivity contribution in [2.75, 3.05) is 5.06 Å². The molecule has 0 saturated carbocycles. The molecule has 5 nitrogen and oxygen atoms in total. The Kier molecular flexibility index (Phi) is 3.33. The standard InChI is InChI=1S/C17H16N2O3/c1-10-8-11(2)18-15(10)9-14-13-6-4-5-7-16(13)19(17(14)21)22-12(3)20/h4-9,18H,1-3H3/b14-9-. The van der Waals surface area contributed by atoms with E-state index in [-0.39, 0.29) is 5.91 Å². The van der Waals surface area contributed by atoms with E-state index < -0.39 is 5.97 Å². The van der Waals surface area contributed by atoms with Gasteiger partial charge in [0.25, 0.3) is 5.91 Å². The predicted molar refractivity (Wildman–Crippen MR) is 83.8 cm³/mol. The summed E-state index contributed by atoms with van der Waals surface area (Å²) in [6.07, 6.45) is 1.80. The number of nitrogens with one attached hydrogen (secondary N) is 1. The number of hydrogen-bond donors (Lipinski definition) is 1. The number of aromatic amines is 1. The van der Waals surface area contributed by atoms with E-state index in [1.807, 2.05) is 32.0 Å². The molecule has 0 unspecified atom stereocenters. The number of para-hydroxylation sites is 1. The molecule has 2 aromatic rings. The molecule has 1 amide bonds. The Bertz CT molecular complexity index is 802. The van der Waals surface area contributed by atoms with Crippen molar-refractivity contribution in [3.8, 4) is 0 Å². The minimum absolute atomic E-state index is 0.344. The van der Waals surface area contributed by atoms with Crippen LogP contribution >= 0.6 is 0 Å². The molecule has 22 heavy (non-hydrogen) atoms. The van der Waals surface area contributed by atoms with Gasteiger partial charge in [0.2, 0.25) is 0 Å². The van der Waals surface area contributed by atoms with E-state index in [0.717, 1.165) is 27.6 Å². The molecule has 3 rings (SSSR count). The molecule has 0 atom stereocenters. The molecular formula is C17H16N2O3. The molecule has 0 spiro atoms.